The third-order valence-corrected chi connectivity index (χ3v) is 8.61. The van der Waals surface area contributed by atoms with E-state index in [-0.39, 0.29) is 40.7 Å². The number of nitrogens with zero attached hydrogens (tertiary/aromatic N) is 4. The van der Waals surface area contributed by atoms with E-state index in [0.717, 1.165) is 17.4 Å². The summed E-state index contributed by atoms with van der Waals surface area (Å²) in [6.45, 7) is -0.317. The number of aromatic nitrogens is 1. The summed E-state index contributed by atoms with van der Waals surface area (Å²) in [5.74, 6) is -1.85. The Bertz CT molecular complexity index is 1570. The number of carbonyl (C=O) groups is 1. The Hall–Kier alpha value is -3.11. The third kappa shape index (κ3) is 4.16. The molecule has 1 aromatic heterocycles. The Balaban J connectivity index is 2.15. The molecule has 0 bridgehead atoms. The first-order valence-electron chi connectivity index (χ1n) is 9.23. The van der Waals surface area contributed by atoms with Gasteiger partial charge in [-0.05, 0) is 17.7 Å². The van der Waals surface area contributed by atoms with Gasteiger partial charge in [-0.3, -0.25) is 0 Å². The molecule has 172 valence electrons. The molecule has 0 atom stereocenters. The van der Waals surface area contributed by atoms with E-state index in [9.17, 15) is 26.7 Å². The van der Waals surface area contributed by atoms with Crippen LogP contribution >= 0.6 is 11.3 Å². The summed E-state index contributed by atoms with van der Waals surface area (Å²) >= 11 is 0.941. The van der Waals surface area contributed by atoms with Crippen molar-refractivity contribution in [3.8, 4) is 11.1 Å². The van der Waals surface area contributed by atoms with Crippen LogP contribution in [0.2, 0.25) is 0 Å². The van der Waals surface area contributed by atoms with Crippen molar-refractivity contribution in [3.63, 3.8) is 0 Å². The molecular formula is C18H16N6O6S3. The summed E-state index contributed by atoms with van der Waals surface area (Å²) in [6, 6.07) is 7.41. The lowest BCUT2D eigenvalue weighted by molar-refractivity contribution is 0.0696. The number of hydrogen-bond donors (Lipinski definition) is 3. The van der Waals surface area contributed by atoms with E-state index < -0.39 is 41.4 Å². The van der Waals surface area contributed by atoms with Crippen molar-refractivity contribution in [1.29, 1.82) is 0 Å². The number of sulfonamides is 1. The number of carboxylic acid groups (broad SMARTS) is 1. The minimum absolute atomic E-state index is 0.0807. The number of rotatable bonds is 7. The zero-order valence-electron chi connectivity index (χ0n) is 16.7. The molecule has 0 aliphatic carbocycles. The van der Waals surface area contributed by atoms with Crippen molar-refractivity contribution in [2.45, 2.75) is 9.79 Å². The van der Waals surface area contributed by atoms with Gasteiger partial charge in [0, 0.05) is 12.1 Å². The number of aromatic carboxylic acids is 1. The van der Waals surface area contributed by atoms with Crippen LogP contribution in [0.15, 0.2) is 55.3 Å². The van der Waals surface area contributed by atoms with Gasteiger partial charge in [-0.15, -0.1) is 16.5 Å². The maximum atomic E-state index is 12.8. The van der Waals surface area contributed by atoms with Crippen LogP contribution in [0.1, 0.15) is 15.4 Å². The van der Waals surface area contributed by atoms with Crippen molar-refractivity contribution in [2.75, 3.05) is 19.0 Å². The topological polar surface area (TPSA) is 208 Å². The van der Waals surface area contributed by atoms with Gasteiger partial charge in [0.05, 0.1) is 26.4 Å². The highest BCUT2D eigenvalue weighted by molar-refractivity contribution is 7.93. The number of para-hydroxylation sites is 1. The van der Waals surface area contributed by atoms with Crippen LogP contribution in [0, 0.1) is 0 Å². The maximum Gasteiger partial charge on any atom is 0.365 e. The van der Waals surface area contributed by atoms with Crippen molar-refractivity contribution >= 4 is 53.2 Å². The fourth-order valence-corrected chi connectivity index (χ4v) is 7.00. The van der Waals surface area contributed by atoms with Crippen molar-refractivity contribution in [1.82, 2.24) is 4.98 Å². The molecule has 4 rings (SSSR count). The summed E-state index contributed by atoms with van der Waals surface area (Å²) in [4.78, 5) is 18.5. The number of amidine groups is 1. The molecule has 0 amide bonds. The zero-order chi connectivity index (χ0) is 24.0. The highest BCUT2D eigenvalue weighted by atomic mass is 32.2. The van der Waals surface area contributed by atoms with Gasteiger partial charge in [0.15, 0.2) is 22.3 Å². The number of carboxylic acids is 1. The predicted octanol–water partition coefficient (Wildman–Crippen LogP) is 1.21. The zero-order valence-corrected chi connectivity index (χ0v) is 19.1. The lowest BCUT2D eigenvalue weighted by Crippen LogP contribution is -2.24. The van der Waals surface area contributed by atoms with E-state index in [2.05, 4.69) is 20.2 Å². The van der Waals surface area contributed by atoms with E-state index in [1.54, 1.807) is 18.2 Å². The van der Waals surface area contributed by atoms with Crippen LogP contribution in [0.3, 0.4) is 0 Å². The van der Waals surface area contributed by atoms with Crippen molar-refractivity contribution in [2.24, 2.45) is 26.1 Å². The molecular weight excluding hydrogens is 492 g/mol. The van der Waals surface area contributed by atoms with E-state index >= 15 is 0 Å². The summed E-state index contributed by atoms with van der Waals surface area (Å²) in [6.07, 6.45) is 0. The molecule has 15 heteroatoms. The first-order chi connectivity index (χ1) is 15.5. The van der Waals surface area contributed by atoms with Crippen molar-refractivity contribution in [3.05, 3.63) is 40.9 Å². The molecule has 33 heavy (non-hydrogen) atoms. The van der Waals surface area contributed by atoms with Crippen LogP contribution in [0.25, 0.3) is 21.3 Å². The number of aliphatic imine (C=N–C) groups is 1. The summed E-state index contributed by atoms with van der Waals surface area (Å²) in [5.41, 5.74) is 6.09. The SMILES string of the molecule is NCCS(=O)(=O)c1ccc(-c2cccc3sc(C(=O)O)nc23)c(C2=NCN=N2)c1S(N)(=O)=O. The highest BCUT2D eigenvalue weighted by Gasteiger charge is 2.33. The third-order valence-electron chi connectivity index (χ3n) is 4.69. The Kier molecular flexibility index (Phi) is 5.83. The highest BCUT2D eigenvalue weighted by Crippen LogP contribution is 2.39. The number of azo groups is 1. The number of thiazole rings is 1. The van der Waals surface area contributed by atoms with Crippen molar-refractivity contribution < 1.29 is 26.7 Å². The van der Waals surface area contributed by atoms with Gasteiger partial charge >= 0.3 is 5.97 Å². The minimum atomic E-state index is -4.61. The van der Waals surface area contributed by atoms with Crippen LogP contribution in [0.5, 0.6) is 0 Å². The Morgan fingerprint density at radius 3 is 2.48 bits per heavy atom. The number of nitrogens with two attached hydrogens (primary N) is 2. The average molecular weight is 509 g/mol. The lowest BCUT2D eigenvalue weighted by atomic mass is 9.98. The van der Waals surface area contributed by atoms with Crippen LogP contribution in [-0.2, 0) is 19.9 Å². The van der Waals surface area contributed by atoms with Crippen LogP contribution < -0.4 is 10.9 Å². The second-order valence-electron chi connectivity index (χ2n) is 6.81. The largest absolute Gasteiger partial charge is 0.476 e. The molecule has 2 aromatic carbocycles. The molecule has 12 nitrogen and oxygen atoms in total. The maximum absolute atomic E-state index is 12.8. The normalized spacial score (nSPS) is 14.1. The van der Waals surface area contributed by atoms with Gasteiger partial charge in [-0.25, -0.2) is 36.7 Å². The van der Waals surface area contributed by atoms with Gasteiger partial charge in [0.25, 0.3) is 0 Å². The molecule has 2 heterocycles. The molecule has 0 radical (unpaired) electrons. The van der Waals surface area contributed by atoms with Gasteiger partial charge in [-0.1, -0.05) is 18.2 Å². The molecule has 0 saturated heterocycles. The number of benzene rings is 2. The summed E-state index contributed by atoms with van der Waals surface area (Å²) in [5, 5.41) is 22.3. The number of primary sulfonamides is 1. The number of fused-ring (bicyclic) bond motifs is 1. The molecule has 1 aliphatic heterocycles. The Morgan fingerprint density at radius 2 is 1.88 bits per heavy atom. The van der Waals surface area contributed by atoms with Gasteiger partial charge in [0.1, 0.15) is 4.90 Å². The monoisotopic (exact) mass is 508 g/mol. The van der Waals surface area contributed by atoms with Crippen LogP contribution in [-0.4, -0.2) is 57.7 Å². The van der Waals surface area contributed by atoms with Crippen LogP contribution in [0.4, 0.5) is 0 Å². The molecule has 0 saturated carbocycles. The first kappa shape index (κ1) is 23.1. The molecule has 1 aliphatic rings. The van der Waals surface area contributed by atoms with E-state index in [1.807, 2.05) is 0 Å². The predicted molar refractivity (Wildman–Crippen MR) is 121 cm³/mol. The number of sulfone groups is 1. The Morgan fingerprint density at radius 1 is 1.12 bits per heavy atom. The van der Waals surface area contributed by atoms with E-state index in [4.69, 9.17) is 10.9 Å². The fourth-order valence-electron chi connectivity index (χ4n) is 3.42. The number of hydrogen-bond acceptors (Lipinski definition) is 11. The minimum Gasteiger partial charge on any atom is -0.476 e. The molecule has 3 aromatic rings. The summed E-state index contributed by atoms with van der Waals surface area (Å²) in [7, 11) is -8.74. The first-order valence-corrected chi connectivity index (χ1v) is 13.2. The molecule has 0 unspecified atom stereocenters. The smallest absolute Gasteiger partial charge is 0.365 e. The van der Waals surface area contributed by atoms with Gasteiger partial charge in [-0.2, -0.15) is 5.11 Å². The molecule has 0 fully saturated rings. The van der Waals surface area contributed by atoms with Gasteiger partial charge in [0.2, 0.25) is 15.0 Å². The fraction of sp³-hybridized carbons (Fsp3) is 0.167. The average Bonchev–Trinajstić information content (AvgIpc) is 3.41. The second-order valence-corrected chi connectivity index (χ2v) is 11.4. The summed E-state index contributed by atoms with van der Waals surface area (Å²) < 4.78 is 51.6. The lowest BCUT2D eigenvalue weighted by Gasteiger charge is -2.17. The van der Waals surface area contributed by atoms with E-state index in [0.29, 0.717) is 10.3 Å². The molecule has 5 N–H and O–H groups in total. The quantitative estimate of drug-likeness (QED) is 0.421. The van der Waals surface area contributed by atoms with E-state index in [1.165, 1.54) is 6.07 Å². The Labute approximate surface area is 191 Å². The standard InChI is InChI=1S/C18H16N6O6S3/c19-6-7-32(27,28)12-5-4-9(13(15(12)33(20,29)30)16-21-8-22-24-16)10-2-1-3-11-14(10)23-17(31-11)18(25)26/h1-5H,6-8,19H2,(H,25,26)(H2,20,29,30). The van der Waals surface area contributed by atoms with Gasteiger partial charge < -0.3 is 10.8 Å². The second kappa shape index (κ2) is 8.35. The molecule has 0 spiro atoms.